The molecule has 2 unspecified atom stereocenters. The summed E-state index contributed by atoms with van der Waals surface area (Å²) in [4.78, 5) is 0. The third-order valence-corrected chi connectivity index (χ3v) is 5.48. The molecule has 0 saturated carbocycles. The van der Waals surface area contributed by atoms with Crippen molar-refractivity contribution in [3.8, 4) is 0 Å². The van der Waals surface area contributed by atoms with Crippen molar-refractivity contribution in [1.29, 1.82) is 0 Å². The molecule has 2 aliphatic heterocycles. The predicted octanol–water partition coefficient (Wildman–Crippen LogP) is 3.96. The molecule has 2 atom stereocenters. The van der Waals surface area contributed by atoms with E-state index in [4.69, 9.17) is 9.39 Å². The molecule has 0 aromatic heterocycles. The average molecular weight is 364 g/mol. The highest BCUT2D eigenvalue weighted by Crippen LogP contribution is 2.33. The summed E-state index contributed by atoms with van der Waals surface area (Å²) < 4.78 is 11.0. The predicted molar refractivity (Wildman–Crippen MR) is 83.3 cm³/mol. The maximum atomic E-state index is 5.46. The average Bonchev–Trinajstić information content (AvgIpc) is 3.11. The first-order chi connectivity index (χ1) is 8.15. The van der Waals surface area contributed by atoms with Crippen LogP contribution in [0, 0.1) is 0 Å². The monoisotopic (exact) mass is 364 g/mol. The fourth-order valence-corrected chi connectivity index (χ4v) is 3.85. The van der Waals surface area contributed by atoms with E-state index in [0.29, 0.717) is 11.4 Å². The van der Waals surface area contributed by atoms with E-state index in [1.54, 1.807) is 0 Å². The lowest BCUT2D eigenvalue weighted by Crippen LogP contribution is -2.17. The Morgan fingerprint density at radius 1 is 1.71 bits per heavy atom. The lowest BCUT2D eigenvalue weighted by molar-refractivity contribution is 0.396. The zero-order valence-corrected chi connectivity index (χ0v) is 13.3. The molecule has 0 N–H and O–H groups in total. The Balaban J connectivity index is 1.76. The third-order valence-electron chi connectivity index (χ3n) is 3.08. The second kappa shape index (κ2) is 6.52. The minimum atomic E-state index is 0.259. The van der Waals surface area contributed by atoms with Gasteiger partial charge in [0.2, 0.25) is 0 Å². The Morgan fingerprint density at radius 2 is 2.47 bits per heavy atom. The lowest BCUT2D eigenvalue weighted by atomic mass is 10.1. The van der Waals surface area contributed by atoms with Gasteiger partial charge in [0.05, 0.1) is 19.0 Å². The zero-order valence-electron chi connectivity index (χ0n) is 10.3. The highest BCUT2D eigenvalue weighted by molar-refractivity contribution is 14.1. The molecule has 2 aliphatic rings. The molecule has 0 aromatic carbocycles. The van der Waals surface area contributed by atoms with Crippen LogP contribution in [0.1, 0.15) is 33.1 Å². The molecular formula is C12H18BIO2S. The van der Waals surface area contributed by atoms with E-state index in [0.717, 1.165) is 13.0 Å². The molecule has 0 bridgehead atoms. The van der Waals surface area contributed by atoms with E-state index in [1.807, 2.05) is 17.9 Å². The number of hydrogen-bond acceptors (Lipinski definition) is 3. The summed E-state index contributed by atoms with van der Waals surface area (Å²) in [6.07, 6.45) is 8.33. The van der Waals surface area contributed by atoms with E-state index in [1.165, 1.54) is 24.0 Å². The summed E-state index contributed by atoms with van der Waals surface area (Å²) in [6, 6.07) is 0. The first-order valence-electron chi connectivity index (χ1n) is 6.04. The lowest BCUT2D eigenvalue weighted by Gasteiger charge is -2.22. The van der Waals surface area contributed by atoms with Gasteiger partial charge in [-0.1, -0.05) is 34.0 Å². The Kier molecular flexibility index (Phi) is 5.30. The molecule has 0 aliphatic carbocycles. The molecule has 94 valence electrons. The van der Waals surface area contributed by atoms with Gasteiger partial charge in [-0.05, 0) is 38.7 Å². The van der Waals surface area contributed by atoms with E-state index in [9.17, 15) is 0 Å². The number of allylic oxidation sites excluding steroid dienone is 2. The first-order valence-corrected chi connectivity index (χ1v) is 8.23. The second-order valence-electron chi connectivity index (χ2n) is 4.68. The van der Waals surface area contributed by atoms with Crippen LogP contribution in [0.5, 0.6) is 0 Å². The van der Waals surface area contributed by atoms with Crippen LogP contribution < -0.4 is 0 Å². The van der Waals surface area contributed by atoms with E-state index in [2.05, 4.69) is 42.3 Å². The molecule has 0 radical (unpaired) electrons. The largest absolute Gasteiger partial charge is 0.548 e. The van der Waals surface area contributed by atoms with Gasteiger partial charge in [-0.2, -0.15) is 0 Å². The summed E-state index contributed by atoms with van der Waals surface area (Å²) in [5.74, 6) is 0. The molecule has 2 nitrogen and oxygen atoms in total. The van der Waals surface area contributed by atoms with Crippen LogP contribution in [0.3, 0.4) is 0 Å². The van der Waals surface area contributed by atoms with Crippen molar-refractivity contribution >= 4 is 38.0 Å². The number of ether oxygens (including phenoxy) is 1. The van der Waals surface area contributed by atoms with Crippen LogP contribution >= 0.6 is 34.0 Å². The van der Waals surface area contributed by atoms with Crippen LogP contribution in [0.25, 0.3) is 0 Å². The van der Waals surface area contributed by atoms with Gasteiger partial charge in [-0.25, -0.2) is 0 Å². The van der Waals surface area contributed by atoms with Gasteiger partial charge in [0.1, 0.15) is 0 Å². The topological polar surface area (TPSA) is 21.8 Å². The van der Waals surface area contributed by atoms with Gasteiger partial charge in [0.15, 0.2) is 0 Å². The maximum absolute atomic E-state index is 5.46. The van der Waals surface area contributed by atoms with Gasteiger partial charge < -0.3 is 9.39 Å². The van der Waals surface area contributed by atoms with Crippen molar-refractivity contribution in [2.45, 2.75) is 44.5 Å². The van der Waals surface area contributed by atoms with Crippen LogP contribution in [-0.4, -0.2) is 22.0 Å². The molecule has 2 heterocycles. The minimum absolute atomic E-state index is 0.259. The molecule has 0 amide bonds. The van der Waals surface area contributed by atoms with Crippen molar-refractivity contribution in [2.24, 2.45) is 0 Å². The molecule has 5 heteroatoms. The number of hydrogen-bond donors (Lipinski definition) is 0. The quantitative estimate of drug-likeness (QED) is 0.319. The Hall–Kier alpha value is 0.385. The van der Waals surface area contributed by atoms with Crippen molar-refractivity contribution in [3.05, 3.63) is 23.5 Å². The van der Waals surface area contributed by atoms with Gasteiger partial charge in [-0.15, -0.1) is 11.6 Å². The molecule has 0 aromatic rings. The molecule has 1 saturated heterocycles. The SMILES string of the molecule is CC1=COB(I)SC1C/C=C(\C)CCC1CO1. The maximum Gasteiger partial charge on any atom is 0.500 e. The van der Waals surface area contributed by atoms with Crippen LogP contribution in [0.15, 0.2) is 23.5 Å². The normalized spacial score (nSPS) is 28.8. The van der Waals surface area contributed by atoms with Gasteiger partial charge in [0.25, 0.3) is 0 Å². The Bertz CT molecular complexity index is 328. The summed E-state index contributed by atoms with van der Waals surface area (Å²) in [5.41, 5.74) is 2.84. The fourth-order valence-electron chi connectivity index (χ4n) is 1.78. The van der Waals surface area contributed by atoms with Crippen LogP contribution in [-0.2, 0) is 9.39 Å². The molecule has 17 heavy (non-hydrogen) atoms. The smallest absolute Gasteiger partial charge is 0.500 e. The third kappa shape index (κ3) is 4.87. The van der Waals surface area contributed by atoms with Crippen molar-refractivity contribution in [2.75, 3.05) is 6.61 Å². The fraction of sp³-hybridized carbons (Fsp3) is 0.667. The van der Waals surface area contributed by atoms with Gasteiger partial charge >= 0.3 is 4.05 Å². The van der Waals surface area contributed by atoms with Crippen molar-refractivity contribution in [1.82, 2.24) is 0 Å². The highest BCUT2D eigenvalue weighted by Gasteiger charge is 2.25. The summed E-state index contributed by atoms with van der Waals surface area (Å²) >= 11 is 4.23. The minimum Gasteiger partial charge on any atom is -0.548 e. The molecule has 0 spiro atoms. The van der Waals surface area contributed by atoms with Crippen LogP contribution in [0.4, 0.5) is 0 Å². The highest BCUT2D eigenvalue weighted by atomic mass is 127. The van der Waals surface area contributed by atoms with Crippen molar-refractivity contribution < 1.29 is 9.39 Å². The standard InChI is InChI=1S/C12H18BIO2S/c1-9(3-5-11-8-15-11)4-6-12-10(2)7-16-13(14)17-12/h4,7,11-12H,3,5-6,8H2,1-2H3/b9-4+. The first kappa shape index (κ1) is 13.8. The van der Waals surface area contributed by atoms with Crippen molar-refractivity contribution in [3.63, 3.8) is 0 Å². The molecule has 1 fully saturated rings. The van der Waals surface area contributed by atoms with E-state index >= 15 is 0 Å². The Morgan fingerprint density at radius 3 is 3.18 bits per heavy atom. The molecule has 2 rings (SSSR count). The summed E-state index contributed by atoms with van der Waals surface area (Å²) in [6.45, 7) is 5.36. The zero-order chi connectivity index (χ0) is 12.3. The van der Waals surface area contributed by atoms with E-state index < -0.39 is 0 Å². The van der Waals surface area contributed by atoms with E-state index in [-0.39, 0.29) is 4.05 Å². The summed E-state index contributed by atoms with van der Waals surface area (Å²) in [7, 11) is 0. The number of halogens is 1. The summed E-state index contributed by atoms with van der Waals surface area (Å²) in [5, 5.41) is 0.581. The van der Waals surface area contributed by atoms with Crippen LogP contribution in [0.2, 0.25) is 0 Å². The van der Waals surface area contributed by atoms with Gasteiger partial charge in [-0.3, -0.25) is 0 Å². The van der Waals surface area contributed by atoms with Gasteiger partial charge in [0, 0.05) is 5.25 Å². The second-order valence-corrected chi connectivity index (χ2v) is 7.92. The Labute approximate surface area is 121 Å². The number of rotatable bonds is 5. The molecular weight excluding hydrogens is 346 g/mol. The number of epoxide rings is 1.